The van der Waals surface area contributed by atoms with Gasteiger partial charge in [0.05, 0.1) is 12.1 Å². The topological polar surface area (TPSA) is 57.7 Å². The van der Waals surface area contributed by atoms with E-state index in [0.29, 0.717) is 16.8 Å². The number of carbonyl (C=O) groups is 3. The van der Waals surface area contributed by atoms with Gasteiger partial charge in [0.2, 0.25) is 5.91 Å². The van der Waals surface area contributed by atoms with Crippen molar-refractivity contribution in [1.82, 2.24) is 4.90 Å². The molecule has 3 aromatic carbocycles. The third-order valence-corrected chi connectivity index (χ3v) is 6.21. The Bertz CT molecular complexity index is 1180. The highest BCUT2D eigenvalue weighted by Crippen LogP contribution is 2.28. The van der Waals surface area contributed by atoms with Crippen molar-refractivity contribution in [3.63, 3.8) is 0 Å². The summed E-state index contributed by atoms with van der Waals surface area (Å²) in [5.41, 5.74) is 2.38. The molecule has 3 amide bonds. The minimum Gasteiger partial charge on any atom is -0.322 e. The van der Waals surface area contributed by atoms with Gasteiger partial charge >= 0.3 is 0 Å². The highest BCUT2D eigenvalue weighted by molar-refractivity contribution is 14.1. The van der Waals surface area contributed by atoms with Crippen molar-refractivity contribution in [1.29, 1.82) is 0 Å². The Morgan fingerprint density at radius 1 is 1.03 bits per heavy atom. The monoisotopic (exact) mass is 542 g/mol. The summed E-state index contributed by atoms with van der Waals surface area (Å²) in [6, 6.07) is 19.0. The molecular weight excluding hydrogens is 522 g/mol. The number of hydrogen-bond acceptors (Lipinski definition) is 3. The summed E-state index contributed by atoms with van der Waals surface area (Å²) in [4.78, 5) is 42.3. The van der Waals surface area contributed by atoms with Crippen molar-refractivity contribution < 1.29 is 18.8 Å². The van der Waals surface area contributed by atoms with Crippen molar-refractivity contribution in [3.05, 3.63) is 98.9 Å². The van der Waals surface area contributed by atoms with E-state index in [1.807, 2.05) is 31.2 Å². The quantitative estimate of drug-likeness (QED) is 0.347. The van der Waals surface area contributed by atoms with Crippen LogP contribution in [0.1, 0.15) is 27.9 Å². The van der Waals surface area contributed by atoms with Crippen LogP contribution < -0.4 is 4.90 Å². The maximum absolute atomic E-state index is 13.5. The zero-order valence-electron chi connectivity index (χ0n) is 17.3. The van der Waals surface area contributed by atoms with Crippen molar-refractivity contribution in [2.45, 2.75) is 25.9 Å². The molecule has 0 radical (unpaired) electrons. The molecule has 7 heteroatoms. The Morgan fingerprint density at radius 3 is 2.34 bits per heavy atom. The van der Waals surface area contributed by atoms with Crippen LogP contribution in [-0.2, 0) is 16.1 Å². The zero-order valence-corrected chi connectivity index (χ0v) is 19.5. The molecule has 1 fully saturated rings. The Balaban J connectivity index is 1.70. The van der Waals surface area contributed by atoms with E-state index in [2.05, 4.69) is 22.6 Å². The van der Waals surface area contributed by atoms with Gasteiger partial charge in [-0.2, -0.15) is 0 Å². The van der Waals surface area contributed by atoms with Gasteiger partial charge in [-0.05, 0) is 83.1 Å². The lowest BCUT2D eigenvalue weighted by Crippen LogP contribution is -2.45. The first-order chi connectivity index (χ1) is 15.3. The summed E-state index contributed by atoms with van der Waals surface area (Å²) in [5.74, 6) is -1.53. The van der Waals surface area contributed by atoms with Gasteiger partial charge in [0.25, 0.3) is 11.8 Å². The first kappa shape index (κ1) is 22.1. The largest absolute Gasteiger partial charge is 0.322 e. The molecule has 162 valence electrons. The van der Waals surface area contributed by atoms with Crippen LogP contribution in [0.25, 0.3) is 0 Å². The molecule has 1 heterocycles. The Hall–Kier alpha value is -3.07. The molecule has 1 aliphatic heterocycles. The summed E-state index contributed by atoms with van der Waals surface area (Å²) < 4.78 is 14.4. The Labute approximate surface area is 199 Å². The fourth-order valence-electron chi connectivity index (χ4n) is 3.80. The second-order valence-electron chi connectivity index (χ2n) is 7.64. The third-order valence-electron chi connectivity index (χ3n) is 5.49. The van der Waals surface area contributed by atoms with E-state index < -0.39 is 11.9 Å². The minimum atomic E-state index is -0.945. The molecule has 5 nitrogen and oxygen atoms in total. The van der Waals surface area contributed by atoms with Gasteiger partial charge in [0, 0.05) is 15.7 Å². The second kappa shape index (κ2) is 9.20. The maximum atomic E-state index is 13.5. The van der Waals surface area contributed by atoms with E-state index in [4.69, 9.17) is 0 Å². The Kier molecular flexibility index (Phi) is 6.36. The van der Waals surface area contributed by atoms with Crippen LogP contribution in [0.3, 0.4) is 0 Å². The lowest BCUT2D eigenvalue weighted by atomic mass is 10.0. The van der Waals surface area contributed by atoms with Gasteiger partial charge in [0.1, 0.15) is 11.9 Å². The van der Waals surface area contributed by atoms with Crippen LogP contribution in [0.2, 0.25) is 0 Å². The molecule has 0 bridgehead atoms. The minimum absolute atomic E-state index is 0.0810. The number of amides is 3. The van der Waals surface area contributed by atoms with Crippen molar-refractivity contribution in [2.24, 2.45) is 0 Å². The fourth-order valence-corrected chi connectivity index (χ4v) is 4.16. The van der Waals surface area contributed by atoms with E-state index in [1.165, 1.54) is 17.0 Å². The SMILES string of the molecule is Cc1ccccc1C(=O)N(Cc1ccc(F)cc1)C1CC(=O)N(c2ccc(I)cc2)C1=O. The molecule has 1 atom stereocenters. The number of nitrogens with zero attached hydrogens (tertiary/aromatic N) is 2. The number of anilines is 1. The predicted octanol–water partition coefficient (Wildman–Crippen LogP) is 4.71. The second-order valence-corrected chi connectivity index (χ2v) is 8.88. The van der Waals surface area contributed by atoms with E-state index in [9.17, 15) is 18.8 Å². The number of benzene rings is 3. The number of carbonyl (C=O) groups excluding carboxylic acids is 3. The summed E-state index contributed by atoms with van der Waals surface area (Å²) in [6.07, 6.45) is -0.108. The van der Waals surface area contributed by atoms with Crippen molar-refractivity contribution >= 4 is 46.0 Å². The number of halogens is 2. The van der Waals surface area contributed by atoms with Crippen molar-refractivity contribution in [2.75, 3.05) is 4.90 Å². The molecule has 1 saturated heterocycles. The highest BCUT2D eigenvalue weighted by Gasteiger charge is 2.44. The highest BCUT2D eigenvalue weighted by atomic mass is 127. The lowest BCUT2D eigenvalue weighted by Gasteiger charge is -2.28. The summed E-state index contributed by atoms with van der Waals surface area (Å²) >= 11 is 2.15. The molecule has 1 unspecified atom stereocenters. The van der Waals surface area contributed by atoms with E-state index in [0.717, 1.165) is 14.0 Å². The van der Waals surface area contributed by atoms with Gasteiger partial charge in [-0.3, -0.25) is 14.4 Å². The fraction of sp³-hybridized carbons (Fsp3) is 0.160. The van der Waals surface area contributed by atoms with Gasteiger partial charge in [-0.1, -0.05) is 30.3 Å². The van der Waals surface area contributed by atoms with E-state index >= 15 is 0 Å². The first-order valence-corrected chi connectivity index (χ1v) is 11.2. The maximum Gasteiger partial charge on any atom is 0.257 e. The molecule has 4 rings (SSSR count). The van der Waals surface area contributed by atoms with Crippen LogP contribution in [0.4, 0.5) is 10.1 Å². The number of rotatable bonds is 5. The molecule has 3 aromatic rings. The number of imide groups is 1. The normalized spacial score (nSPS) is 15.8. The molecule has 0 aromatic heterocycles. The van der Waals surface area contributed by atoms with Crippen LogP contribution in [0.5, 0.6) is 0 Å². The molecule has 0 N–H and O–H groups in total. The van der Waals surface area contributed by atoms with E-state index in [1.54, 1.807) is 36.4 Å². The van der Waals surface area contributed by atoms with Gasteiger partial charge < -0.3 is 4.90 Å². The lowest BCUT2D eigenvalue weighted by molar-refractivity contribution is -0.122. The molecular formula is C25H20FIN2O3. The zero-order chi connectivity index (χ0) is 22.8. The molecule has 0 spiro atoms. The first-order valence-electron chi connectivity index (χ1n) is 10.1. The summed E-state index contributed by atoms with van der Waals surface area (Å²) in [5, 5.41) is 0. The molecule has 0 saturated carbocycles. The third kappa shape index (κ3) is 4.43. The van der Waals surface area contributed by atoms with Crippen LogP contribution in [0.15, 0.2) is 72.8 Å². The number of aryl methyl sites for hydroxylation is 1. The van der Waals surface area contributed by atoms with Gasteiger partial charge in [0.15, 0.2) is 0 Å². The molecule has 1 aliphatic rings. The standard InChI is InChI=1S/C25H20FIN2O3/c1-16-4-2-3-5-21(16)24(31)28(15-17-6-8-18(26)9-7-17)22-14-23(30)29(25(22)32)20-12-10-19(27)11-13-20/h2-13,22H,14-15H2,1H3. The average molecular weight is 542 g/mol. The van der Waals surface area contributed by atoms with Crippen LogP contribution in [0, 0.1) is 16.3 Å². The average Bonchev–Trinajstić information content (AvgIpc) is 3.07. The van der Waals surface area contributed by atoms with Crippen LogP contribution in [-0.4, -0.2) is 28.7 Å². The molecule has 32 heavy (non-hydrogen) atoms. The van der Waals surface area contributed by atoms with Gasteiger partial charge in [-0.15, -0.1) is 0 Å². The predicted molar refractivity (Wildman–Crippen MR) is 128 cm³/mol. The number of hydrogen-bond donors (Lipinski definition) is 0. The smallest absolute Gasteiger partial charge is 0.257 e. The van der Waals surface area contributed by atoms with E-state index in [-0.39, 0.29) is 30.6 Å². The summed E-state index contributed by atoms with van der Waals surface area (Å²) in [7, 11) is 0. The van der Waals surface area contributed by atoms with Gasteiger partial charge in [-0.25, -0.2) is 9.29 Å². The van der Waals surface area contributed by atoms with Crippen LogP contribution >= 0.6 is 22.6 Å². The summed E-state index contributed by atoms with van der Waals surface area (Å²) in [6.45, 7) is 1.90. The Morgan fingerprint density at radius 2 is 1.69 bits per heavy atom. The van der Waals surface area contributed by atoms with Crippen molar-refractivity contribution in [3.8, 4) is 0 Å². The molecule has 0 aliphatic carbocycles.